The van der Waals surface area contributed by atoms with Crippen LogP contribution >= 0.6 is 0 Å². The van der Waals surface area contributed by atoms with E-state index in [9.17, 15) is 19.5 Å². The molecule has 4 atom stereocenters. The zero-order valence-electron chi connectivity index (χ0n) is 24.0. The molecule has 2 amide bonds. The largest absolute Gasteiger partial charge is 0.463 e. The van der Waals surface area contributed by atoms with Crippen molar-refractivity contribution >= 4 is 17.8 Å². The maximum Gasteiger partial charge on any atom is 0.309 e. The van der Waals surface area contributed by atoms with Crippen molar-refractivity contribution in [1.29, 1.82) is 0 Å². The van der Waals surface area contributed by atoms with Gasteiger partial charge in [0.2, 0.25) is 11.8 Å². The lowest BCUT2D eigenvalue weighted by Gasteiger charge is -2.29. The first kappa shape index (κ1) is 31.8. The monoisotopic (exact) mass is 560 g/mol. The first-order valence-corrected chi connectivity index (χ1v) is 14.6. The zero-order valence-corrected chi connectivity index (χ0v) is 24.0. The maximum absolute atomic E-state index is 13.6. The number of aliphatic hydroxyl groups is 1. The Morgan fingerprint density at radius 1 is 0.976 bits per heavy atom. The number of carbonyl (C=O) groups excluding carboxylic acids is 3. The number of allylic oxidation sites excluding steroid dienone is 2. The van der Waals surface area contributed by atoms with Crippen LogP contribution in [0.1, 0.15) is 49.7 Å². The standard InChI is InChI=1S/C34H44N2O5/c1-3-5-18-29(21-26-14-8-6-9-15-26)34(40)41-25-31-19-12-20-36(31)33(39)28(13-4-2)23-32(38)35-30(24-37)22-27-16-10-7-11-17-27/h3-4,6-11,14-17,28-31,37H,1-2,5,12-13,18-25H2,(H,35,38). The van der Waals surface area contributed by atoms with Crippen molar-refractivity contribution < 1.29 is 24.2 Å². The van der Waals surface area contributed by atoms with E-state index in [4.69, 9.17) is 4.74 Å². The summed E-state index contributed by atoms with van der Waals surface area (Å²) in [6, 6.07) is 18.9. The summed E-state index contributed by atoms with van der Waals surface area (Å²) in [6.45, 7) is 8.08. The van der Waals surface area contributed by atoms with E-state index in [1.165, 1.54) is 0 Å². The number of hydrogen-bond donors (Lipinski definition) is 2. The average Bonchev–Trinajstić information content (AvgIpc) is 3.46. The molecule has 7 nitrogen and oxygen atoms in total. The molecule has 2 aromatic carbocycles. The minimum absolute atomic E-state index is 0.000145. The predicted molar refractivity (Wildman–Crippen MR) is 161 cm³/mol. The van der Waals surface area contributed by atoms with Crippen LogP contribution in [0, 0.1) is 11.8 Å². The van der Waals surface area contributed by atoms with Crippen molar-refractivity contribution in [2.75, 3.05) is 19.8 Å². The molecule has 0 saturated carbocycles. The van der Waals surface area contributed by atoms with E-state index < -0.39 is 12.0 Å². The van der Waals surface area contributed by atoms with E-state index in [0.29, 0.717) is 38.6 Å². The summed E-state index contributed by atoms with van der Waals surface area (Å²) in [5.41, 5.74) is 2.09. The Kier molecular flexibility index (Phi) is 13.3. The molecule has 7 heteroatoms. The van der Waals surface area contributed by atoms with Crippen LogP contribution in [-0.4, -0.2) is 59.6 Å². The Hall–Kier alpha value is -3.71. The van der Waals surface area contributed by atoms with Crippen molar-refractivity contribution in [2.45, 2.75) is 63.5 Å². The number of benzene rings is 2. The van der Waals surface area contributed by atoms with Gasteiger partial charge in [0.1, 0.15) is 6.61 Å². The smallest absolute Gasteiger partial charge is 0.309 e. The Labute approximate surface area is 244 Å². The lowest BCUT2D eigenvalue weighted by atomic mass is 9.95. The normalized spacial score (nSPS) is 16.8. The Morgan fingerprint density at radius 3 is 2.24 bits per heavy atom. The van der Waals surface area contributed by atoms with Gasteiger partial charge in [-0.2, -0.15) is 0 Å². The number of likely N-dealkylation sites (tertiary alicyclic amines) is 1. The molecule has 1 saturated heterocycles. The van der Waals surface area contributed by atoms with Gasteiger partial charge < -0.3 is 20.1 Å². The maximum atomic E-state index is 13.6. The van der Waals surface area contributed by atoms with Crippen LogP contribution in [0.3, 0.4) is 0 Å². The summed E-state index contributed by atoms with van der Waals surface area (Å²) in [6.07, 6.45) is 7.84. The van der Waals surface area contributed by atoms with Gasteiger partial charge >= 0.3 is 5.97 Å². The molecule has 0 aromatic heterocycles. The average molecular weight is 561 g/mol. The summed E-state index contributed by atoms with van der Waals surface area (Å²) in [5.74, 6) is -1.53. The summed E-state index contributed by atoms with van der Waals surface area (Å²) >= 11 is 0. The van der Waals surface area contributed by atoms with Crippen LogP contribution in [0.4, 0.5) is 0 Å². The second-order valence-corrected chi connectivity index (χ2v) is 10.8. The molecule has 0 aliphatic carbocycles. The lowest BCUT2D eigenvalue weighted by molar-refractivity contribution is -0.152. The summed E-state index contributed by atoms with van der Waals surface area (Å²) < 4.78 is 5.79. The van der Waals surface area contributed by atoms with E-state index in [0.717, 1.165) is 24.0 Å². The second kappa shape index (κ2) is 17.2. The minimum Gasteiger partial charge on any atom is -0.463 e. The van der Waals surface area contributed by atoms with Crippen LogP contribution < -0.4 is 5.32 Å². The molecule has 2 aromatic rings. The van der Waals surface area contributed by atoms with Crippen LogP contribution in [0.2, 0.25) is 0 Å². The first-order valence-electron chi connectivity index (χ1n) is 14.6. The number of nitrogens with one attached hydrogen (secondary N) is 1. The molecule has 2 N–H and O–H groups in total. The number of nitrogens with zero attached hydrogens (tertiary/aromatic N) is 1. The molecule has 41 heavy (non-hydrogen) atoms. The van der Waals surface area contributed by atoms with E-state index in [1.54, 1.807) is 11.0 Å². The fourth-order valence-corrected chi connectivity index (χ4v) is 5.39. The van der Waals surface area contributed by atoms with E-state index in [-0.39, 0.29) is 49.4 Å². The van der Waals surface area contributed by atoms with Gasteiger partial charge in [-0.3, -0.25) is 14.4 Å². The number of ether oxygens (including phenoxy) is 1. The lowest BCUT2D eigenvalue weighted by Crippen LogP contribution is -2.45. The third-order valence-electron chi connectivity index (χ3n) is 7.60. The Morgan fingerprint density at radius 2 is 1.63 bits per heavy atom. The molecule has 1 aliphatic heterocycles. The topological polar surface area (TPSA) is 95.9 Å². The number of esters is 1. The van der Waals surface area contributed by atoms with Crippen LogP contribution in [0.25, 0.3) is 0 Å². The number of rotatable bonds is 17. The van der Waals surface area contributed by atoms with Crippen molar-refractivity contribution in [2.24, 2.45) is 11.8 Å². The molecule has 1 aliphatic rings. The number of aliphatic hydroxyl groups excluding tert-OH is 1. The highest BCUT2D eigenvalue weighted by Crippen LogP contribution is 2.24. The molecule has 0 spiro atoms. The minimum atomic E-state index is -0.571. The Bertz CT molecular complexity index is 1120. The molecular weight excluding hydrogens is 516 g/mol. The highest BCUT2D eigenvalue weighted by Gasteiger charge is 2.35. The molecule has 4 unspecified atom stereocenters. The van der Waals surface area contributed by atoms with Gasteiger partial charge in [0.25, 0.3) is 0 Å². The summed E-state index contributed by atoms with van der Waals surface area (Å²) in [4.78, 5) is 41.3. The fourth-order valence-electron chi connectivity index (χ4n) is 5.39. The molecule has 1 fully saturated rings. The van der Waals surface area contributed by atoms with E-state index in [1.807, 2.05) is 66.7 Å². The van der Waals surface area contributed by atoms with Gasteiger partial charge in [0.05, 0.1) is 30.5 Å². The van der Waals surface area contributed by atoms with Crippen LogP contribution in [0.5, 0.6) is 0 Å². The third-order valence-corrected chi connectivity index (χ3v) is 7.60. The van der Waals surface area contributed by atoms with Crippen molar-refractivity contribution in [1.82, 2.24) is 10.2 Å². The van der Waals surface area contributed by atoms with E-state index in [2.05, 4.69) is 18.5 Å². The van der Waals surface area contributed by atoms with Gasteiger partial charge in [0, 0.05) is 13.0 Å². The second-order valence-electron chi connectivity index (χ2n) is 10.8. The van der Waals surface area contributed by atoms with Gasteiger partial charge in [-0.15, -0.1) is 13.2 Å². The molecule has 0 bridgehead atoms. The van der Waals surface area contributed by atoms with E-state index >= 15 is 0 Å². The number of amides is 2. The molecule has 3 rings (SSSR count). The molecule has 0 radical (unpaired) electrons. The number of hydrogen-bond acceptors (Lipinski definition) is 5. The number of carbonyl (C=O) groups is 3. The zero-order chi connectivity index (χ0) is 29.5. The quantitative estimate of drug-likeness (QED) is 0.217. The third kappa shape index (κ3) is 10.3. The van der Waals surface area contributed by atoms with Crippen LogP contribution in [-0.2, 0) is 32.0 Å². The molecule has 220 valence electrons. The van der Waals surface area contributed by atoms with Gasteiger partial charge in [-0.25, -0.2) is 0 Å². The predicted octanol–water partition coefficient (Wildman–Crippen LogP) is 4.65. The SMILES string of the molecule is C=CCCC(Cc1ccccc1)C(=O)OCC1CCCN1C(=O)C(CC=C)CC(=O)NC(CO)Cc1ccccc1. The van der Waals surface area contributed by atoms with Gasteiger partial charge in [0.15, 0.2) is 0 Å². The first-order chi connectivity index (χ1) is 19.9. The van der Waals surface area contributed by atoms with Gasteiger partial charge in [-0.05, 0) is 56.1 Å². The summed E-state index contributed by atoms with van der Waals surface area (Å²) in [5, 5.41) is 12.7. The van der Waals surface area contributed by atoms with Crippen molar-refractivity contribution in [3.8, 4) is 0 Å². The Balaban J connectivity index is 1.57. The van der Waals surface area contributed by atoms with Crippen molar-refractivity contribution in [3.05, 3.63) is 97.1 Å². The molecular formula is C34H44N2O5. The molecule has 1 heterocycles. The highest BCUT2D eigenvalue weighted by atomic mass is 16.5. The van der Waals surface area contributed by atoms with Gasteiger partial charge in [-0.1, -0.05) is 72.8 Å². The van der Waals surface area contributed by atoms with Crippen LogP contribution in [0.15, 0.2) is 86.0 Å². The summed E-state index contributed by atoms with van der Waals surface area (Å²) in [7, 11) is 0. The fraction of sp³-hybridized carbons (Fsp3) is 0.441. The van der Waals surface area contributed by atoms with Crippen molar-refractivity contribution in [3.63, 3.8) is 0 Å². The highest BCUT2D eigenvalue weighted by molar-refractivity contribution is 5.86.